The fourth-order valence-corrected chi connectivity index (χ4v) is 3.30. The molecule has 1 aliphatic rings. The third-order valence-corrected chi connectivity index (χ3v) is 4.92. The van der Waals surface area contributed by atoms with Crippen LogP contribution in [0.25, 0.3) is 0 Å². The van der Waals surface area contributed by atoms with Crippen LogP contribution in [0.3, 0.4) is 0 Å². The second-order valence-electron chi connectivity index (χ2n) is 5.31. The first-order chi connectivity index (χ1) is 9.17. The number of nitrogens with zero attached hydrogens (tertiary/aromatic N) is 2. The molecule has 19 heavy (non-hydrogen) atoms. The standard InChI is InChI=1S/C14H25N3OS/c1-4-17(5-2)13-15-10-12(19-13)11-16-14(3)6-8-18-9-7-14/h10,16H,4-9,11H2,1-3H3. The van der Waals surface area contributed by atoms with Crippen LogP contribution in [0.15, 0.2) is 6.20 Å². The van der Waals surface area contributed by atoms with Gasteiger partial charge in [-0.25, -0.2) is 4.98 Å². The number of thiazole rings is 1. The molecule has 0 aliphatic carbocycles. The zero-order valence-corrected chi connectivity index (χ0v) is 13.1. The van der Waals surface area contributed by atoms with Gasteiger partial charge in [0.2, 0.25) is 0 Å². The zero-order chi connectivity index (χ0) is 13.7. The van der Waals surface area contributed by atoms with Gasteiger partial charge >= 0.3 is 0 Å². The van der Waals surface area contributed by atoms with Crippen LogP contribution >= 0.6 is 11.3 Å². The predicted octanol–water partition coefficient (Wildman–Crippen LogP) is 2.65. The second-order valence-corrected chi connectivity index (χ2v) is 6.40. The molecule has 1 fully saturated rings. The molecular weight excluding hydrogens is 258 g/mol. The van der Waals surface area contributed by atoms with Gasteiger partial charge in [-0.15, -0.1) is 11.3 Å². The topological polar surface area (TPSA) is 37.4 Å². The zero-order valence-electron chi connectivity index (χ0n) is 12.2. The van der Waals surface area contributed by atoms with Crippen LogP contribution in [0.4, 0.5) is 5.13 Å². The Morgan fingerprint density at radius 3 is 2.68 bits per heavy atom. The monoisotopic (exact) mass is 283 g/mol. The van der Waals surface area contributed by atoms with Gasteiger partial charge in [-0.1, -0.05) is 0 Å². The van der Waals surface area contributed by atoms with E-state index in [2.05, 4.69) is 36.0 Å². The molecular formula is C14H25N3OS. The largest absolute Gasteiger partial charge is 0.381 e. The number of nitrogens with one attached hydrogen (secondary N) is 1. The third kappa shape index (κ3) is 3.91. The molecule has 4 nitrogen and oxygen atoms in total. The summed E-state index contributed by atoms with van der Waals surface area (Å²) in [4.78, 5) is 8.13. The molecule has 2 rings (SSSR count). The summed E-state index contributed by atoms with van der Waals surface area (Å²) < 4.78 is 5.43. The quantitative estimate of drug-likeness (QED) is 0.871. The summed E-state index contributed by atoms with van der Waals surface area (Å²) in [6.45, 7) is 11.3. The Bertz CT molecular complexity index is 384. The van der Waals surface area contributed by atoms with Crippen molar-refractivity contribution in [2.45, 2.75) is 45.7 Å². The summed E-state index contributed by atoms with van der Waals surface area (Å²) in [6, 6.07) is 0. The van der Waals surface area contributed by atoms with E-state index in [0.29, 0.717) is 0 Å². The van der Waals surface area contributed by atoms with Crippen LogP contribution in [0, 0.1) is 0 Å². The maximum atomic E-state index is 5.43. The highest BCUT2D eigenvalue weighted by Gasteiger charge is 2.26. The minimum atomic E-state index is 0.220. The second kappa shape index (κ2) is 6.68. The van der Waals surface area contributed by atoms with Gasteiger partial charge in [-0.05, 0) is 33.6 Å². The number of aromatic nitrogens is 1. The SMILES string of the molecule is CCN(CC)c1ncc(CNC2(C)CCOCC2)s1. The van der Waals surface area contributed by atoms with E-state index in [1.807, 2.05) is 6.20 Å². The highest BCUT2D eigenvalue weighted by atomic mass is 32.1. The molecule has 0 bridgehead atoms. The van der Waals surface area contributed by atoms with Crippen LogP contribution < -0.4 is 10.2 Å². The lowest BCUT2D eigenvalue weighted by Crippen LogP contribution is -2.46. The van der Waals surface area contributed by atoms with Crippen molar-refractivity contribution in [1.29, 1.82) is 0 Å². The Morgan fingerprint density at radius 1 is 1.37 bits per heavy atom. The fourth-order valence-electron chi connectivity index (χ4n) is 2.32. The summed E-state index contributed by atoms with van der Waals surface area (Å²) in [7, 11) is 0. The molecule has 0 amide bonds. The molecule has 0 saturated carbocycles. The van der Waals surface area contributed by atoms with E-state index < -0.39 is 0 Å². The van der Waals surface area contributed by atoms with Gasteiger partial charge in [0.15, 0.2) is 5.13 Å². The van der Waals surface area contributed by atoms with Gasteiger partial charge in [0, 0.05) is 49.5 Å². The van der Waals surface area contributed by atoms with Crippen molar-refractivity contribution in [2.75, 3.05) is 31.2 Å². The first-order valence-corrected chi connectivity index (χ1v) is 8.01. The average Bonchev–Trinajstić information content (AvgIpc) is 2.88. The molecule has 5 heteroatoms. The maximum absolute atomic E-state index is 5.43. The number of rotatable bonds is 6. The Labute approximate surface area is 120 Å². The number of ether oxygens (including phenoxy) is 1. The molecule has 1 aromatic heterocycles. The first-order valence-electron chi connectivity index (χ1n) is 7.19. The summed E-state index contributed by atoms with van der Waals surface area (Å²) in [6.07, 6.45) is 4.19. The van der Waals surface area contributed by atoms with E-state index in [1.54, 1.807) is 11.3 Å². The lowest BCUT2D eigenvalue weighted by atomic mass is 9.92. The summed E-state index contributed by atoms with van der Waals surface area (Å²) in [5, 5.41) is 4.81. The fraction of sp³-hybridized carbons (Fsp3) is 0.786. The van der Waals surface area contributed by atoms with Crippen LogP contribution in [-0.2, 0) is 11.3 Å². The normalized spacial score (nSPS) is 18.5. The molecule has 108 valence electrons. The highest BCUT2D eigenvalue weighted by Crippen LogP contribution is 2.24. The minimum absolute atomic E-state index is 0.220. The van der Waals surface area contributed by atoms with Gasteiger partial charge in [-0.2, -0.15) is 0 Å². The Balaban J connectivity index is 1.89. The van der Waals surface area contributed by atoms with E-state index in [0.717, 1.165) is 50.8 Å². The molecule has 0 spiro atoms. The van der Waals surface area contributed by atoms with Crippen molar-refractivity contribution in [3.8, 4) is 0 Å². The van der Waals surface area contributed by atoms with Gasteiger partial charge < -0.3 is 15.0 Å². The van der Waals surface area contributed by atoms with Crippen molar-refractivity contribution < 1.29 is 4.74 Å². The van der Waals surface area contributed by atoms with Crippen molar-refractivity contribution >= 4 is 16.5 Å². The smallest absolute Gasteiger partial charge is 0.185 e. The number of hydrogen-bond donors (Lipinski definition) is 1. The third-order valence-electron chi connectivity index (χ3n) is 3.86. The Hall–Kier alpha value is -0.650. The van der Waals surface area contributed by atoms with E-state index in [-0.39, 0.29) is 5.54 Å². The van der Waals surface area contributed by atoms with Gasteiger partial charge in [0.1, 0.15) is 0 Å². The van der Waals surface area contributed by atoms with Crippen LogP contribution in [0.5, 0.6) is 0 Å². The van der Waals surface area contributed by atoms with Crippen LogP contribution in [0.2, 0.25) is 0 Å². The molecule has 2 heterocycles. The van der Waals surface area contributed by atoms with Crippen molar-refractivity contribution in [3.05, 3.63) is 11.1 Å². The average molecular weight is 283 g/mol. The van der Waals surface area contributed by atoms with E-state index in [1.165, 1.54) is 4.88 Å². The van der Waals surface area contributed by atoms with E-state index >= 15 is 0 Å². The summed E-state index contributed by atoms with van der Waals surface area (Å²) >= 11 is 1.80. The van der Waals surface area contributed by atoms with Crippen molar-refractivity contribution in [3.63, 3.8) is 0 Å². The summed E-state index contributed by atoms with van der Waals surface area (Å²) in [5.74, 6) is 0. The predicted molar refractivity (Wildman–Crippen MR) is 81.0 cm³/mol. The van der Waals surface area contributed by atoms with Crippen molar-refractivity contribution in [2.24, 2.45) is 0 Å². The maximum Gasteiger partial charge on any atom is 0.185 e. The highest BCUT2D eigenvalue weighted by molar-refractivity contribution is 7.15. The molecule has 0 radical (unpaired) electrons. The molecule has 1 saturated heterocycles. The van der Waals surface area contributed by atoms with Crippen LogP contribution in [-0.4, -0.2) is 36.8 Å². The molecule has 0 aromatic carbocycles. The molecule has 0 unspecified atom stereocenters. The lowest BCUT2D eigenvalue weighted by Gasteiger charge is -2.34. The summed E-state index contributed by atoms with van der Waals surface area (Å²) in [5.41, 5.74) is 0.220. The molecule has 0 atom stereocenters. The van der Waals surface area contributed by atoms with Gasteiger partial charge in [0.05, 0.1) is 0 Å². The molecule has 1 aliphatic heterocycles. The van der Waals surface area contributed by atoms with Crippen molar-refractivity contribution in [1.82, 2.24) is 10.3 Å². The van der Waals surface area contributed by atoms with E-state index in [4.69, 9.17) is 4.74 Å². The van der Waals surface area contributed by atoms with Gasteiger partial charge in [0.25, 0.3) is 0 Å². The minimum Gasteiger partial charge on any atom is -0.381 e. The first kappa shape index (κ1) is 14.8. The van der Waals surface area contributed by atoms with Crippen LogP contribution in [0.1, 0.15) is 38.5 Å². The lowest BCUT2D eigenvalue weighted by molar-refractivity contribution is 0.0447. The van der Waals surface area contributed by atoms with E-state index in [9.17, 15) is 0 Å². The molecule has 1 aromatic rings. The molecule has 1 N–H and O–H groups in total. The number of hydrogen-bond acceptors (Lipinski definition) is 5. The number of anilines is 1. The Morgan fingerprint density at radius 2 is 2.05 bits per heavy atom. The Kier molecular flexibility index (Phi) is 5.19. The van der Waals surface area contributed by atoms with Gasteiger partial charge in [-0.3, -0.25) is 0 Å².